The number of aromatic nitrogens is 1. The Morgan fingerprint density at radius 3 is 2.67 bits per heavy atom. The number of nitro benzene ring substituents is 1. The van der Waals surface area contributed by atoms with E-state index in [9.17, 15) is 14.9 Å². The zero-order chi connectivity index (χ0) is 19.4. The van der Waals surface area contributed by atoms with Crippen molar-refractivity contribution in [3.05, 3.63) is 64.0 Å². The van der Waals surface area contributed by atoms with Gasteiger partial charge in [-0.2, -0.15) is 0 Å². The van der Waals surface area contributed by atoms with Crippen molar-refractivity contribution in [2.45, 2.75) is 32.7 Å². The summed E-state index contributed by atoms with van der Waals surface area (Å²) < 4.78 is 0. The van der Waals surface area contributed by atoms with Crippen molar-refractivity contribution in [3.8, 4) is 0 Å². The van der Waals surface area contributed by atoms with Crippen molar-refractivity contribution in [2.24, 2.45) is 5.92 Å². The maximum atomic E-state index is 12.7. The topological polar surface area (TPSA) is 88.4 Å². The van der Waals surface area contributed by atoms with Crippen molar-refractivity contribution in [3.63, 3.8) is 0 Å². The molecule has 7 nitrogen and oxygen atoms in total. The zero-order valence-electron chi connectivity index (χ0n) is 15.6. The molecule has 0 saturated carbocycles. The number of nitro groups is 1. The van der Waals surface area contributed by atoms with E-state index in [0.717, 1.165) is 18.5 Å². The van der Waals surface area contributed by atoms with E-state index in [1.807, 2.05) is 25.1 Å². The first-order valence-corrected chi connectivity index (χ1v) is 9.21. The van der Waals surface area contributed by atoms with Gasteiger partial charge in [0.2, 0.25) is 0 Å². The molecule has 1 aliphatic heterocycles. The minimum Gasteiger partial charge on any atom is -0.371 e. The molecule has 1 N–H and O–H groups in total. The van der Waals surface area contributed by atoms with Gasteiger partial charge in [0.25, 0.3) is 11.6 Å². The van der Waals surface area contributed by atoms with Crippen LogP contribution in [0.3, 0.4) is 0 Å². The lowest BCUT2D eigenvalue weighted by atomic mass is 9.98. The second kappa shape index (κ2) is 8.16. The number of benzene rings is 1. The lowest BCUT2D eigenvalue weighted by molar-refractivity contribution is -0.384. The predicted molar refractivity (Wildman–Crippen MR) is 104 cm³/mol. The Bertz CT molecular complexity index is 817. The molecule has 3 rings (SSSR count). The monoisotopic (exact) mass is 368 g/mol. The summed E-state index contributed by atoms with van der Waals surface area (Å²) in [6, 6.07) is 9.98. The van der Waals surface area contributed by atoms with Crippen LogP contribution in [0.25, 0.3) is 0 Å². The third-order valence-corrected chi connectivity index (χ3v) is 5.02. The quantitative estimate of drug-likeness (QED) is 0.636. The van der Waals surface area contributed by atoms with Crippen LogP contribution >= 0.6 is 0 Å². The van der Waals surface area contributed by atoms with E-state index >= 15 is 0 Å². The van der Waals surface area contributed by atoms with Crippen LogP contribution in [0.15, 0.2) is 42.6 Å². The normalized spacial score (nSPS) is 16.0. The summed E-state index contributed by atoms with van der Waals surface area (Å²) in [7, 11) is 0. The Morgan fingerprint density at radius 2 is 2.04 bits per heavy atom. The predicted octanol–water partition coefficient (Wildman–Crippen LogP) is 4.04. The molecule has 1 aromatic carbocycles. The first-order valence-electron chi connectivity index (χ1n) is 9.21. The van der Waals surface area contributed by atoms with Gasteiger partial charge >= 0.3 is 0 Å². The van der Waals surface area contributed by atoms with Crippen molar-refractivity contribution in [1.82, 2.24) is 9.88 Å². The van der Waals surface area contributed by atoms with E-state index in [-0.39, 0.29) is 17.6 Å². The molecule has 2 aromatic rings. The summed E-state index contributed by atoms with van der Waals surface area (Å²) in [4.78, 5) is 29.9. The molecule has 7 heteroatoms. The Kier molecular flexibility index (Phi) is 5.69. The zero-order valence-corrected chi connectivity index (χ0v) is 15.6. The molecule has 1 atom stereocenters. The summed E-state index contributed by atoms with van der Waals surface area (Å²) in [5.41, 5.74) is 1.41. The van der Waals surface area contributed by atoms with Gasteiger partial charge in [-0.15, -0.1) is 0 Å². The molecule has 1 aliphatic rings. The van der Waals surface area contributed by atoms with Crippen LogP contribution in [-0.2, 0) is 0 Å². The average Bonchev–Trinajstić information content (AvgIpc) is 2.69. The van der Waals surface area contributed by atoms with Crippen molar-refractivity contribution < 1.29 is 9.72 Å². The molecule has 0 spiro atoms. The maximum absolute atomic E-state index is 12.7. The first-order chi connectivity index (χ1) is 13.0. The third-order valence-electron chi connectivity index (χ3n) is 5.02. The highest BCUT2D eigenvalue weighted by Gasteiger charge is 2.24. The number of nitrogens with one attached hydrogen (secondary N) is 1. The van der Waals surface area contributed by atoms with E-state index < -0.39 is 4.92 Å². The Morgan fingerprint density at radius 1 is 1.30 bits per heavy atom. The number of likely N-dealkylation sites (tertiary alicyclic amines) is 1. The molecule has 1 saturated heterocycles. The molecule has 0 unspecified atom stereocenters. The lowest BCUT2D eigenvalue weighted by Crippen LogP contribution is -2.37. The fourth-order valence-electron chi connectivity index (χ4n) is 3.27. The van der Waals surface area contributed by atoms with Crippen LogP contribution in [0.1, 0.15) is 48.8 Å². The SMILES string of the molecule is CC1CCN(C(=O)c2ccc(N[C@H](C)c3ccccn3)c([N+](=O)[O-])c2)CC1. The van der Waals surface area contributed by atoms with Gasteiger partial charge in [-0.1, -0.05) is 13.0 Å². The van der Waals surface area contributed by atoms with Gasteiger partial charge in [0, 0.05) is 30.9 Å². The molecule has 0 aliphatic carbocycles. The third kappa shape index (κ3) is 4.42. The molecule has 0 radical (unpaired) electrons. The van der Waals surface area contributed by atoms with E-state index in [1.165, 1.54) is 6.07 Å². The van der Waals surface area contributed by atoms with Crippen LogP contribution in [0.4, 0.5) is 11.4 Å². The molecule has 1 amide bonds. The standard InChI is InChI=1S/C20H24N4O3/c1-14-8-11-23(12-9-14)20(25)16-6-7-18(19(13-16)24(26)27)22-15(2)17-5-3-4-10-21-17/h3-7,10,13-15,22H,8-9,11-12H2,1-2H3/t15-/m1/s1. The number of amides is 1. The van der Waals surface area contributed by atoms with Gasteiger partial charge in [0.1, 0.15) is 5.69 Å². The van der Waals surface area contributed by atoms with Crippen molar-refractivity contribution in [2.75, 3.05) is 18.4 Å². The Hall–Kier alpha value is -2.96. The molecule has 2 heterocycles. The second-order valence-corrected chi connectivity index (χ2v) is 7.08. The number of hydrogen-bond donors (Lipinski definition) is 1. The fraction of sp³-hybridized carbons (Fsp3) is 0.400. The minimum atomic E-state index is -0.456. The Labute approximate surface area is 158 Å². The summed E-state index contributed by atoms with van der Waals surface area (Å²) in [6.45, 7) is 5.46. The van der Waals surface area contributed by atoms with Gasteiger partial charge in [0.05, 0.1) is 16.7 Å². The van der Waals surface area contributed by atoms with Gasteiger partial charge in [-0.05, 0) is 49.9 Å². The van der Waals surface area contributed by atoms with Gasteiger partial charge < -0.3 is 10.2 Å². The van der Waals surface area contributed by atoms with Gasteiger partial charge in [0.15, 0.2) is 0 Å². The highest BCUT2D eigenvalue weighted by molar-refractivity contribution is 5.95. The number of hydrogen-bond acceptors (Lipinski definition) is 5. The van der Waals surface area contributed by atoms with E-state index in [2.05, 4.69) is 17.2 Å². The molecule has 0 bridgehead atoms. The fourth-order valence-corrected chi connectivity index (χ4v) is 3.27. The molecular formula is C20H24N4O3. The van der Waals surface area contributed by atoms with Crippen LogP contribution < -0.4 is 5.32 Å². The largest absolute Gasteiger partial charge is 0.371 e. The molecule has 142 valence electrons. The van der Waals surface area contributed by atoms with Gasteiger partial charge in [-0.25, -0.2) is 0 Å². The van der Waals surface area contributed by atoms with Crippen molar-refractivity contribution in [1.29, 1.82) is 0 Å². The number of piperidine rings is 1. The maximum Gasteiger partial charge on any atom is 0.293 e. The number of carbonyl (C=O) groups is 1. The van der Waals surface area contributed by atoms with E-state index in [4.69, 9.17) is 0 Å². The summed E-state index contributed by atoms with van der Waals surface area (Å²) >= 11 is 0. The van der Waals surface area contributed by atoms with Crippen molar-refractivity contribution >= 4 is 17.3 Å². The minimum absolute atomic E-state index is 0.103. The molecular weight excluding hydrogens is 344 g/mol. The molecule has 1 fully saturated rings. The second-order valence-electron chi connectivity index (χ2n) is 7.08. The number of anilines is 1. The smallest absolute Gasteiger partial charge is 0.293 e. The number of pyridine rings is 1. The van der Waals surface area contributed by atoms with Crippen LogP contribution in [0, 0.1) is 16.0 Å². The average molecular weight is 368 g/mol. The number of rotatable bonds is 5. The van der Waals surface area contributed by atoms with Crippen LogP contribution in [-0.4, -0.2) is 33.8 Å². The van der Waals surface area contributed by atoms with Crippen LogP contribution in [0.5, 0.6) is 0 Å². The van der Waals surface area contributed by atoms with Crippen LogP contribution in [0.2, 0.25) is 0 Å². The van der Waals surface area contributed by atoms with E-state index in [0.29, 0.717) is 30.3 Å². The summed E-state index contributed by atoms with van der Waals surface area (Å²) in [5, 5.41) is 14.7. The number of carbonyl (C=O) groups excluding carboxylic acids is 1. The molecule has 1 aromatic heterocycles. The summed E-state index contributed by atoms with van der Waals surface area (Å²) in [6.07, 6.45) is 3.62. The highest BCUT2D eigenvalue weighted by atomic mass is 16.6. The van der Waals surface area contributed by atoms with E-state index in [1.54, 1.807) is 23.2 Å². The summed E-state index contributed by atoms with van der Waals surface area (Å²) in [5.74, 6) is 0.470. The van der Waals surface area contributed by atoms with Gasteiger partial charge in [-0.3, -0.25) is 19.9 Å². The number of nitrogens with zero attached hydrogens (tertiary/aromatic N) is 3. The lowest BCUT2D eigenvalue weighted by Gasteiger charge is -2.30. The first kappa shape index (κ1) is 18.8. The molecule has 27 heavy (non-hydrogen) atoms. The highest BCUT2D eigenvalue weighted by Crippen LogP contribution is 2.30. The Balaban J connectivity index is 1.80.